The SMILES string of the molecule is CNC(=O)c1cccc(NC(=O)COC(=O)CS[C@@H]2CCS(=O)(=O)C2)c1. The summed E-state index contributed by atoms with van der Waals surface area (Å²) >= 11 is 1.23. The van der Waals surface area contributed by atoms with Crippen molar-refractivity contribution in [3.63, 3.8) is 0 Å². The first-order valence-electron chi connectivity index (χ1n) is 7.89. The summed E-state index contributed by atoms with van der Waals surface area (Å²) in [6.07, 6.45) is 0.530. The van der Waals surface area contributed by atoms with Gasteiger partial charge in [0, 0.05) is 23.5 Å². The number of carbonyl (C=O) groups is 3. The fraction of sp³-hybridized carbons (Fsp3) is 0.438. The zero-order valence-electron chi connectivity index (χ0n) is 14.2. The van der Waals surface area contributed by atoms with E-state index in [-0.39, 0.29) is 28.4 Å². The number of ether oxygens (including phenoxy) is 1. The second-order valence-corrected chi connectivity index (χ2v) is 9.22. The third kappa shape index (κ3) is 6.34. The van der Waals surface area contributed by atoms with Gasteiger partial charge in [-0.15, -0.1) is 11.8 Å². The summed E-state index contributed by atoms with van der Waals surface area (Å²) in [5, 5.41) is 4.92. The fourth-order valence-corrected chi connectivity index (χ4v) is 5.78. The number of thioether (sulfide) groups is 1. The van der Waals surface area contributed by atoms with Gasteiger partial charge in [0.1, 0.15) is 0 Å². The van der Waals surface area contributed by atoms with Gasteiger partial charge in [0.25, 0.3) is 11.8 Å². The molecule has 0 saturated carbocycles. The van der Waals surface area contributed by atoms with E-state index >= 15 is 0 Å². The highest BCUT2D eigenvalue weighted by molar-refractivity contribution is 8.02. The summed E-state index contributed by atoms with van der Waals surface area (Å²) in [5.41, 5.74) is 0.808. The average molecular weight is 400 g/mol. The molecule has 0 aliphatic carbocycles. The van der Waals surface area contributed by atoms with Gasteiger partial charge < -0.3 is 15.4 Å². The third-order valence-electron chi connectivity index (χ3n) is 3.63. The molecular formula is C16H20N2O6S2. The van der Waals surface area contributed by atoms with Crippen LogP contribution < -0.4 is 10.6 Å². The van der Waals surface area contributed by atoms with Crippen molar-refractivity contribution in [3.8, 4) is 0 Å². The monoisotopic (exact) mass is 400 g/mol. The van der Waals surface area contributed by atoms with E-state index in [4.69, 9.17) is 4.74 Å². The fourth-order valence-electron chi connectivity index (χ4n) is 2.35. The number of amides is 2. The number of hydrogen-bond acceptors (Lipinski definition) is 7. The van der Waals surface area contributed by atoms with Crippen molar-refractivity contribution in [2.45, 2.75) is 11.7 Å². The van der Waals surface area contributed by atoms with Crippen LogP contribution in [-0.2, 0) is 24.2 Å². The van der Waals surface area contributed by atoms with Gasteiger partial charge in [0.15, 0.2) is 16.4 Å². The Kier molecular flexibility index (Phi) is 7.04. The van der Waals surface area contributed by atoms with Gasteiger partial charge in [0.2, 0.25) is 0 Å². The van der Waals surface area contributed by atoms with E-state index in [0.29, 0.717) is 17.7 Å². The normalized spacial score (nSPS) is 18.1. The molecule has 0 aromatic heterocycles. The highest BCUT2D eigenvalue weighted by Crippen LogP contribution is 2.24. The lowest BCUT2D eigenvalue weighted by Crippen LogP contribution is -2.23. The number of sulfone groups is 1. The van der Waals surface area contributed by atoms with Gasteiger partial charge in [-0.25, -0.2) is 8.42 Å². The second-order valence-electron chi connectivity index (χ2n) is 5.70. The highest BCUT2D eigenvalue weighted by atomic mass is 32.2. The molecular weight excluding hydrogens is 380 g/mol. The van der Waals surface area contributed by atoms with Crippen LogP contribution in [0.15, 0.2) is 24.3 Å². The summed E-state index contributed by atoms with van der Waals surface area (Å²) in [6.45, 7) is -0.452. The lowest BCUT2D eigenvalue weighted by molar-refractivity contribution is -0.144. The number of carbonyl (C=O) groups excluding carboxylic acids is 3. The van der Waals surface area contributed by atoms with Gasteiger partial charge in [-0.3, -0.25) is 14.4 Å². The van der Waals surface area contributed by atoms with Crippen molar-refractivity contribution in [2.75, 3.05) is 36.2 Å². The van der Waals surface area contributed by atoms with Crippen LogP contribution in [0.25, 0.3) is 0 Å². The smallest absolute Gasteiger partial charge is 0.316 e. The Labute approximate surface area is 156 Å². The predicted molar refractivity (Wildman–Crippen MR) is 98.9 cm³/mol. The third-order valence-corrected chi connectivity index (χ3v) is 6.88. The number of benzene rings is 1. The molecule has 2 rings (SSSR count). The van der Waals surface area contributed by atoms with E-state index in [9.17, 15) is 22.8 Å². The maximum atomic E-state index is 11.8. The average Bonchev–Trinajstić information content (AvgIpc) is 2.96. The van der Waals surface area contributed by atoms with Crippen LogP contribution in [0.1, 0.15) is 16.8 Å². The molecule has 1 aliphatic heterocycles. The summed E-state index contributed by atoms with van der Waals surface area (Å²) in [7, 11) is -1.47. The molecule has 1 saturated heterocycles. The number of rotatable bonds is 7. The molecule has 26 heavy (non-hydrogen) atoms. The Morgan fingerprint density at radius 1 is 1.31 bits per heavy atom. The summed E-state index contributed by atoms with van der Waals surface area (Å²) < 4.78 is 27.6. The Bertz CT molecular complexity index is 794. The van der Waals surface area contributed by atoms with Crippen molar-refractivity contribution < 1.29 is 27.5 Å². The Morgan fingerprint density at radius 2 is 2.08 bits per heavy atom. The molecule has 1 aromatic carbocycles. The van der Waals surface area contributed by atoms with Crippen LogP contribution in [0, 0.1) is 0 Å². The van der Waals surface area contributed by atoms with Gasteiger partial charge in [-0.05, 0) is 24.6 Å². The summed E-state index contributed by atoms with van der Waals surface area (Å²) in [6, 6.07) is 6.35. The molecule has 0 unspecified atom stereocenters. The zero-order chi connectivity index (χ0) is 19.2. The molecule has 8 nitrogen and oxygen atoms in total. The van der Waals surface area contributed by atoms with E-state index < -0.39 is 28.3 Å². The Balaban J connectivity index is 1.73. The molecule has 10 heteroatoms. The first-order chi connectivity index (χ1) is 12.3. The van der Waals surface area contributed by atoms with Crippen LogP contribution >= 0.6 is 11.8 Å². The minimum atomic E-state index is -2.98. The van der Waals surface area contributed by atoms with Crippen LogP contribution in [0.4, 0.5) is 5.69 Å². The predicted octanol–water partition coefficient (Wildman–Crippen LogP) is 0.448. The quantitative estimate of drug-likeness (QED) is 0.638. The number of anilines is 1. The number of hydrogen-bond donors (Lipinski definition) is 2. The maximum absolute atomic E-state index is 11.8. The molecule has 1 aromatic rings. The standard InChI is InChI=1S/C16H20N2O6S2/c1-17-16(21)11-3-2-4-12(7-11)18-14(19)8-24-15(20)9-25-13-5-6-26(22,23)10-13/h2-4,7,13H,5-6,8-10H2,1H3,(H,17,21)(H,18,19)/t13-/m1/s1. The van der Waals surface area contributed by atoms with Gasteiger partial charge in [-0.1, -0.05) is 6.07 Å². The lowest BCUT2D eigenvalue weighted by Gasteiger charge is -2.09. The highest BCUT2D eigenvalue weighted by Gasteiger charge is 2.28. The second kappa shape index (κ2) is 9.04. The molecule has 2 N–H and O–H groups in total. The van der Waals surface area contributed by atoms with Gasteiger partial charge in [-0.2, -0.15) is 0 Å². The minimum Gasteiger partial charge on any atom is -0.455 e. The van der Waals surface area contributed by atoms with Crippen molar-refractivity contribution in [1.29, 1.82) is 0 Å². The molecule has 142 valence electrons. The van der Waals surface area contributed by atoms with E-state index in [1.54, 1.807) is 18.2 Å². The van der Waals surface area contributed by atoms with Crippen LogP contribution in [0.3, 0.4) is 0 Å². The molecule has 1 atom stereocenters. The van der Waals surface area contributed by atoms with Gasteiger partial charge >= 0.3 is 5.97 Å². The lowest BCUT2D eigenvalue weighted by atomic mass is 10.2. The molecule has 0 bridgehead atoms. The van der Waals surface area contributed by atoms with Crippen LogP contribution in [0.5, 0.6) is 0 Å². The zero-order valence-corrected chi connectivity index (χ0v) is 15.8. The first kappa shape index (κ1) is 20.2. The van der Waals surface area contributed by atoms with Crippen molar-refractivity contribution in [3.05, 3.63) is 29.8 Å². The van der Waals surface area contributed by atoms with Crippen molar-refractivity contribution in [2.24, 2.45) is 0 Å². The molecule has 0 radical (unpaired) electrons. The number of nitrogens with one attached hydrogen (secondary N) is 2. The van der Waals surface area contributed by atoms with Crippen LogP contribution in [0.2, 0.25) is 0 Å². The van der Waals surface area contributed by atoms with Gasteiger partial charge in [0.05, 0.1) is 17.3 Å². The molecule has 2 amide bonds. The maximum Gasteiger partial charge on any atom is 0.316 e. The first-order valence-corrected chi connectivity index (χ1v) is 10.8. The molecule has 1 fully saturated rings. The van der Waals surface area contributed by atoms with E-state index in [0.717, 1.165) is 0 Å². The largest absolute Gasteiger partial charge is 0.455 e. The van der Waals surface area contributed by atoms with Crippen molar-refractivity contribution >= 4 is 45.1 Å². The Morgan fingerprint density at radius 3 is 2.73 bits per heavy atom. The molecule has 1 heterocycles. The topological polar surface area (TPSA) is 119 Å². The van der Waals surface area contributed by atoms with E-state index in [2.05, 4.69) is 10.6 Å². The molecule has 1 aliphatic rings. The van der Waals surface area contributed by atoms with E-state index in [1.807, 2.05) is 0 Å². The van der Waals surface area contributed by atoms with E-state index in [1.165, 1.54) is 24.9 Å². The minimum absolute atomic E-state index is 0.000374. The number of esters is 1. The summed E-state index contributed by atoms with van der Waals surface area (Å²) in [4.78, 5) is 35.1. The Hall–Kier alpha value is -2.07. The summed E-state index contributed by atoms with van der Waals surface area (Å²) in [5.74, 6) is -1.16. The van der Waals surface area contributed by atoms with Crippen LogP contribution in [-0.4, -0.2) is 62.4 Å². The molecule has 0 spiro atoms. The van der Waals surface area contributed by atoms with Crippen molar-refractivity contribution in [1.82, 2.24) is 5.32 Å².